The summed E-state index contributed by atoms with van der Waals surface area (Å²) >= 11 is 0. The van der Waals surface area contributed by atoms with Crippen LogP contribution in [-0.2, 0) is 0 Å². The minimum absolute atomic E-state index is 0. The van der Waals surface area contributed by atoms with E-state index in [4.69, 9.17) is 0 Å². The molecule has 0 saturated carbocycles. The number of carbonyl (C=O) groups excluding carboxylic acids is 1. The van der Waals surface area contributed by atoms with E-state index in [-0.39, 0.29) is 18.6 Å². The Balaban J connectivity index is 0.00000192. The highest BCUT2D eigenvalue weighted by Crippen LogP contribution is 2.23. The first kappa shape index (κ1) is 16.2. The van der Waals surface area contributed by atoms with Gasteiger partial charge in [0.2, 0.25) is 0 Å². The van der Waals surface area contributed by atoms with E-state index in [1.54, 1.807) is 6.07 Å². The summed E-state index contributed by atoms with van der Waals surface area (Å²) in [6, 6.07) is 14.2. The normalized spacial score (nSPS) is 9.91. The number of imidazole rings is 1. The molecule has 0 saturated heterocycles. The van der Waals surface area contributed by atoms with Gasteiger partial charge in [0.25, 0.3) is 5.91 Å². The van der Waals surface area contributed by atoms with Crippen molar-refractivity contribution >= 4 is 11.9 Å². The Kier molecular flexibility index (Phi) is 4.71. The van der Waals surface area contributed by atoms with Gasteiger partial charge in [-0.2, -0.15) is 0 Å². The molecular weight excluding hydrogens is 292 g/mol. The van der Waals surface area contributed by atoms with Gasteiger partial charge in [-0.1, -0.05) is 43.8 Å². The zero-order valence-corrected chi connectivity index (χ0v) is 11.5. The lowest BCUT2D eigenvalue weighted by Crippen LogP contribution is -2.15. The smallest absolute Gasteiger partial charge is 0.336 e. The summed E-state index contributed by atoms with van der Waals surface area (Å²) in [6.07, 6.45) is 4.30. The molecule has 1 aromatic heterocycles. The zero-order chi connectivity index (χ0) is 15.5. The van der Waals surface area contributed by atoms with Crippen LogP contribution in [0, 0.1) is 0 Å². The van der Waals surface area contributed by atoms with Gasteiger partial charge in [0, 0.05) is 12.4 Å². The first-order valence-corrected chi connectivity index (χ1v) is 6.62. The fourth-order valence-corrected chi connectivity index (χ4v) is 2.24. The monoisotopic (exact) mass is 308 g/mol. The van der Waals surface area contributed by atoms with Gasteiger partial charge in [-0.15, -0.1) is 0 Å². The van der Waals surface area contributed by atoms with Gasteiger partial charge in [-0.25, -0.2) is 9.78 Å². The Hall–Kier alpha value is -3.21. The molecule has 0 bridgehead atoms. The van der Waals surface area contributed by atoms with Crippen LogP contribution in [0.25, 0.3) is 11.1 Å². The Labute approximate surface area is 133 Å². The Morgan fingerprint density at radius 3 is 2.30 bits per heavy atom. The highest BCUT2D eigenvalue weighted by Gasteiger charge is 2.18. The molecule has 1 N–H and O–H groups in total. The van der Waals surface area contributed by atoms with Crippen molar-refractivity contribution in [3.05, 3.63) is 78.4 Å². The van der Waals surface area contributed by atoms with E-state index >= 15 is 0 Å². The lowest BCUT2D eigenvalue weighted by molar-refractivity contribution is 0.0691. The van der Waals surface area contributed by atoms with Crippen molar-refractivity contribution in [1.82, 2.24) is 9.55 Å². The summed E-state index contributed by atoms with van der Waals surface area (Å²) < 4.78 is 1.25. The van der Waals surface area contributed by atoms with Crippen LogP contribution in [0.2, 0.25) is 0 Å². The number of aromatic carboxylic acids is 1. The molecule has 5 heteroatoms. The third-order valence-corrected chi connectivity index (χ3v) is 3.33. The second-order valence-electron chi connectivity index (χ2n) is 4.71. The Morgan fingerprint density at radius 2 is 1.70 bits per heavy atom. The number of carboxylic acids is 1. The van der Waals surface area contributed by atoms with Crippen LogP contribution in [0.4, 0.5) is 0 Å². The molecule has 2 aromatic carbocycles. The molecule has 1 heterocycles. The molecule has 0 fully saturated rings. The van der Waals surface area contributed by atoms with Gasteiger partial charge in [-0.3, -0.25) is 9.36 Å². The predicted molar refractivity (Wildman–Crippen MR) is 87.5 cm³/mol. The average molecular weight is 308 g/mol. The number of nitrogens with zero attached hydrogens (tertiary/aromatic N) is 2. The molecule has 0 aliphatic rings. The summed E-state index contributed by atoms with van der Waals surface area (Å²) in [5, 5.41) is 9.41. The van der Waals surface area contributed by atoms with E-state index in [9.17, 15) is 14.7 Å². The van der Waals surface area contributed by atoms with Crippen LogP contribution in [0.15, 0.2) is 67.3 Å². The first-order valence-electron chi connectivity index (χ1n) is 6.62. The van der Waals surface area contributed by atoms with Crippen molar-refractivity contribution in [3.8, 4) is 11.1 Å². The number of aromatic nitrogens is 2. The molecule has 0 aliphatic carbocycles. The lowest BCUT2D eigenvalue weighted by atomic mass is 9.98. The number of rotatable bonds is 3. The summed E-state index contributed by atoms with van der Waals surface area (Å²) in [7, 11) is 0. The quantitative estimate of drug-likeness (QED) is 0.803. The van der Waals surface area contributed by atoms with Crippen LogP contribution >= 0.6 is 0 Å². The van der Waals surface area contributed by atoms with Crippen molar-refractivity contribution in [3.63, 3.8) is 0 Å². The highest BCUT2D eigenvalue weighted by atomic mass is 16.4. The fourth-order valence-electron chi connectivity index (χ4n) is 2.24. The van der Waals surface area contributed by atoms with Crippen LogP contribution in [-0.4, -0.2) is 26.5 Å². The second kappa shape index (κ2) is 6.70. The largest absolute Gasteiger partial charge is 0.478 e. The molecule has 0 atom stereocenters. The van der Waals surface area contributed by atoms with Crippen LogP contribution < -0.4 is 0 Å². The summed E-state index contributed by atoms with van der Waals surface area (Å²) in [5.41, 5.74) is 1.75. The van der Waals surface area contributed by atoms with Crippen LogP contribution in [0.5, 0.6) is 0 Å². The topological polar surface area (TPSA) is 72.2 Å². The van der Waals surface area contributed by atoms with E-state index in [0.29, 0.717) is 0 Å². The molecular formula is C18H16N2O3. The lowest BCUT2D eigenvalue weighted by Gasteiger charge is -2.08. The molecule has 0 amide bonds. The number of hydrogen-bond acceptors (Lipinski definition) is 3. The standard InChI is InChI=1S/C17H12N2O3.CH4/c20-16(19-9-8-18-11-19)14-7-6-13(10-15(14)17(21)22)12-4-2-1-3-5-12;/h1-11H,(H,21,22);1H4. The van der Waals surface area contributed by atoms with E-state index in [0.717, 1.165) is 11.1 Å². The van der Waals surface area contributed by atoms with Crippen molar-refractivity contribution in [2.24, 2.45) is 0 Å². The van der Waals surface area contributed by atoms with E-state index < -0.39 is 11.9 Å². The van der Waals surface area contributed by atoms with Gasteiger partial charge in [0.15, 0.2) is 0 Å². The third-order valence-electron chi connectivity index (χ3n) is 3.33. The molecule has 23 heavy (non-hydrogen) atoms. The summed E-state index contributed by atoms with van der Waals surface area (Å²) in [4.78, 5) is 27.6. The Bertz CT molecular complexity index is 825. The summed E-state index contributed by atoms with van der Waals surface area (Å²) in [5.74, 6) is -1.56. The van der Waals surface area contributed by atoms with Crippen LogP contribution in [0.3, 0.4) is 0 Å². The molecule has 0 unspecified atom stereocenters. The van der Waals surface area contributed by atoms with Gasteiger partial charge >= 0.3 is 5.97 Å². The van der Waals surface area contributed by atoms with Crippen molar-refractivity contribution in [2.75, 3.05) is 0 Å². The maximum Gasteiger partial charge on any atom is 0.336 e. The van der Waals surface area contributed by atoms with Crippen molar-refractivity contribution < 1.29 is 14.7 Å². The van der Waals surface area contributed by atoms with Crippen molar-refractivity contribution in [2.45, 2.75) is 7.43 Å². The third kappa shape index (κ3) is 3.18. The maximum absolute atomic E-state index is 12.3. The average Bonchev–Trinajstić information content (AvgIpc) is 3.09. The number of benzene rings is 2. The zero-order valence-electron chi connectivity index (χ0n) is 11.5. The minimum atomic E-state index is -1.14. The van der Waals surface area contributed by atoms with Gasteiger partial charge in [-0.05, 0) is 23.3 Å². The molecule has 3 aromatic rings. The molecule has 0 spiro atoms. The molecule has 3 rings (SSSR count). The molecule has 5 nitrogen and oxygen atoms in total. The Morgan fingerprint density at radius 1 is 0.957 bits per heavy atom. The maximum atomic E-state index is 12.3. The van der Waals surface area contributed by atoms with Gasteiger partial charge < -0.3 is 5.11 Å². The summed E-state index contributed by atoms with van der Waals surface area (Å²) in [6.45, 7) is 0. The molecule has 0 radical (unpaired) electrons. The molecule has 0 aliphatic heterocycles. The number of hydrogen-bond donors (Lipinski definition) is 1. The van der Waals surface area contributed by atoms with Crippen molar-refractivity contribution in [1.29, 1.82) is 0 Å². The fraction of sp³-hybridized carbons (Fsp3) is 0.0556. The van der Waals surface area contributed by atoms with E-state index in [1.165, 1.54) is 35.4 Å². The van der Waals surface area contributed by atoms with Gasteiger partial charge in [0.05, 0.1) is 11.1 Å². The predicted octanol–water partition coefficient (Wildman–Crippen LogP) is 3.57. The van der Waals surface area contributed by atoms with E-state index in [2.05, 4.69) is 4.98 Å². The second-order valence-corrected chi connectivity index (χ2v) is 4.71. The van der Waals surface area contributed by atoms with Crippen LogP contribution in [0.1, 0.15) is 28.1 Å². The number of carboxylic acid groups (broad SMARTS) is 1. The SMILES string of the molecule is C.O=C(O)c1cc(-c2ccccc2)ccc1C(=O)n1ccnc1. The van der Waals surface area contributed by atoms with Gasteiger partial charge in [0.1, 0.15) is 6.33 Å². The number of carbonyl (C=O) groups is 2. The van der Waals surface area contributed by atoms with E-state index in [1.807, 2.05) is 30.3 Å². The highest BCUT2D eigenvalue weighted by molar-refractivity contribution is 6.06. The first-order chi connectivity index (χ1) is 10.7. The molecule has 116 valence electrons. The minimum Gasteiger partial charge on any atom is -0.478 e.